The summed E-state index contributed by atoms with van der Waals surface area (Å²) in [6.45, 7) is 3.18. The Kier molecular flexibility index (Phi) is 5.30. The van der Waals surface area contributed by atoms with E-state index in [1.54, 1.807) is 6.20 Å². The monoisotopic (exact) mass is 195 g/mol. The number of rotatable bonds is 7. The number of aryl methyl sites for hydroxylation is 1. The summed E-state index contributed by atoms with van der Waals surface area (Å²) in [6, 6.07) is 0. The maximum Gasteiger partial charge on any atom is 0.0948 e. The van der Waals surface area contributed by atoms with Crippen molar-refractivity contribution in [2.24, 2.45) is 0 Å². The fraction of sp³-hybridized carbons (Fsp3) is 0.727. The largest absolute Gasteiger partial charge is 0.335 e. The third kappa shape index (κ3) is 3.50. The molecule has 0 saturated heterocycles. The third-order valence-corrected chi connectivity index (χ3v) is 2.41. The van der Waals surface area contributed by atoms with Gasteiger partial charge in [0, 0.05) is 24.9 Å². The Morgan fingerprint density at radius 2 is 2.21 bits per heavy atom. The lowest BCUT2D eigenvalue weighted by Gasteiger charge is -2.05. The predicted octanol–water partition coefficient (Wildman–Crippen LogP) is 2.44. The zero-order valence-electron chi connectivity index (χ0n) is 8.91. The van der Waals surface area contributed by atoms with Crippen molar-refractivity contribution < 1.29 is 5.11 Å². The van der Waals surface area contributed by atoms with Crippen LogP contribution in [0.15, 0.2) is 12.5 Å². The van der Waals surface area contributed by atoms with Gasteiger partial charge in [0.2, 0.25) is 0 Å². The Balaban J connectivity index is 2.30. The van der Waals surface area contributed by atoms with Gasteiger partial charge in [-0.05, 0) is 6.42 Å². The molecule has 1 heterocycles. The van der Waals surface area contributed by atoms with Crippen molar-refractivity contribution in [2.75, 3.05) is 6.61 Å². The summed E-state index contributed by atoms with van der Waals surface area (Å²) >= 11 is 0. The molecule has 14 heavy (non-hydrogen) atoms. The van der Waals surface area contributed by atoms with Crippen LogP contribution in [-0.2, 0) is 18.1 Å². The summed E-state index contributed by atoms with van der Waals surface area (Å²) in [5.74, 6) is 0. The van der Waals surface area contributed by atoms with Crippen molar-refractivity contribution in [1.82, 2.24) is 9.55 Å². The highest BCUT2D eigenvalue weighted by Crippen LogP contribution is 2.05. The smallest absolute Gasteiger partial charge is 0.0948 e. The van der Waals surface area contributed by atoms with Gasteiger partial charge in [0.25, 0.3) is 0 Å². The standard InChI is InChI=1S/C11H19N2O/c1-2-3-4-5-7-13-10-12-9-11(13)6-8-14/h9-10H,2-8H2,1H3. The van der Waals surface area contributed by atoms with E-state index in [0.717, 1.165) is 12.2 Å². The van der Waals surface area contributed by atoms with Crippen molar-refractivity contribution >= 4 is 0 Å². The van der Waals surface area contributed by atoms with E-state index in [1.165, 1.54) is 25.7 Å². The molecule has 0 fully saturated rings. The van der Waals surface area contributed by atoms with Crippen LogP contribution in [0.4, 0.5) is 0 Å². The fourth-order valence-corrected chi connectivity index (χ4v) is 1.57. The maximum absolute atomic E-state index is 10.5. The highest BCUT2D eigenvalue weighted by molar-refractivity contribution is 4.98. The summed E-state index contributed by atoms with van der Waals surface area (Å²) in [7, 11) is 0. The summed E-state index contributed by atoms with van der Waals surface area (Å²) in [5.41, 5.74) is 1.08. The number of nitrogens with zero attached hydrogens (tertiary/aromatic N) is 2. The molecule has 0 unspecified atom stereocenters. The lowest BCUT2D eigenvalue weighted by Crippen LogP contribution is -2.03. The second kappa shape index (κ2) is 6.60. The molecule has 0 bridgehead atoms. The van der Waals surface area contributed by atoms with Gasteiger partial charge < -0.3 is 4.57 Å². The first kappa shape index (κ1) is 11.2. The van der Waals surface area contributed by atoms with Crippen molar-refractivity contribution in [3.63, 3.8) is 0 Å². The molecule has 1 aromatic heterocycles. The molecular weight excluding hydrogens is 176 g/mol. The predicted molar refractivity (Wildman–Crippen MR) is 55.6 cm³/mol. The molecule has 79 valence electrons. The van der Waals surface area contributed by atoms with Gasteiger partial charge in [-0.25, -0.2) is 10.1 Å². The van der Waals surface area contributed by atoms with Crippen LogP contribution < -0.4 is 0 Å². The van der Waals surface area contributed by atoms with E-state index in [9.17, 15) is 5.11 Å². The first-order valence-corrected chi connectivity index (χ1v) is 5.45. The maximum atomic E-state index is 10.5. The molecule has 1 radical (unpaired) electrons. The first-order valence-electron chi connectivity index (χ1n) is 5.45. The number of unbranched alkanes of at least 4 members (excludes halogenated alkanes) is 3. The van der Waals surface area contributed by atoms with Crippen LogP contribution in [0.25, 0.3) is 0 Å². The number of imidazole rings is 1. The molecule has 1 aromatic rings. The van der Waals surface area contributed by atoms with Crippen LogP contribution in [0, 0.1) is 0 Å². The van der Waals surface area contributed by atoms with Crippen LogP contribution in [-0.4, -0.2) is 16.2 Å². The van der Waals surface area contributed by atoms with Crippen LogP contribution >= 0.6 is 0 Å². The highest BCUT2D eigenvalue weighted by Gasteiger charge is 2.00. The lowest BCUT2D eigenvalue weighted by molar-refractivity contribution is 0.195. The molecule has 0 aromatic carbocycles. The summed E-state index contributed by atoms with van der Waals surface area (Å²) in [6.07, 6.45) is 9.26. The summed E-state index contributed by atoms with van der Waals surface area (Å²) in [4.78, 5) is 4.06. The molecule has 1 rings (SSSR count). The Labute approximate surface area is 85.8 Å². The average molecular weight is 195 g/mol. The van der Waals surface area contributed by atoms with Crippen molar-refractivity contribution in [3.8, 4) is 0 Å². The normalized spacial score (nSPS) is 10.7. The Morgan fingerprint density at radius 3 is 2.93 bits per heavy atom. The minimum absolute atomic E-state index is 0.0410. The first-order chi connectivity index (χ1) is 6.88. The highest BCUT2D eigenvalue weighted by atomic mass is 16.3. The zero-order chi connectivity index (χ0) is 10.2. The number of hydrogen-bond acceptors (Lipinski definition) is 1. The van der Waals surface area contributed by atoms with Gasteiger partial charge in [0.15, 0.2) is 0 Å². The van der Waals surface area contributed by atoms with Crippen molar-refractivity contribution in [2.45, 2.75) is 45.6 Å². The van der Waals surface area contributed by atoms with E-state index >= 15 is 0 Å². The van der Waals surface area contributed by atoms with E-state index in [1.807, 2.05) is 6.33 Å². The Bertz CT molecular complexity index is 245. The summed E-state index contributed by atoms with van der Waals surface area (Å²) in [5, 5.41) is 10.5. The minimum Gasteiger partial charge on any atom is -0.335 e. The lowest BCUT2D eigenvalue weighted by atomic mass is 10.2. The van der Waals surface area contributed by atoms with E-state index in [0.29, 0.717) is 6.42 Å². The molecule has 3 nitrogen and oxygen atoms in total. The Hall–Kier alpha value is -0.830. The molecule has 0 N–H and O–H groups in total. The second-order valence-electron chi connectivity index (χ2n) is 3.59. The minimum atomic E-state index is -0.0410. The molecule has 0 spiro atoms. The van der Waals surface area contributed by atoms with Crippen molar-refractivity contribution in [1.29, 1.82) is 0 Å². The van der Waals surface area contributed by atoms with Gasteiger partial charge in [0.05, 0.1) is 12.9 Å². The van der Waals surface area contributed by atoms with Crippen LogP contribution in [0.3, 0.4) is 0 Å². The zero-order valence-corrected chi connectivity index (χ0v) is 8.91. The van der Waals surface area contributed by atoms with Gasteiger partial charge in [-0.15, -0.1) is 0 Å². The van der Waals surface area contributed by atoms with E-state index in [4.69, 9.17) is 0 Å². The van der Waals surface area contributed by atoms with Crippen LogP contribution in [0.2, 0.25) is 0 Å². The molecule has 0 atom stereocenters. The summed E-state index contributed by atoms with van der Waals surface area (Å²) < 4.78 is 2.10. The molecule has 0 aliphatic carbocycles. The van der Waals surface area contributed by atoms with Gasteiger partial charge in [0.1, 0.15) is 0 Å². The number of aromatic nitrogens is 2. The molecule has 0 saturated carbocycles. The average Bonchev–Trinajstić information content (AvgIpc) is 2.61. The quantitative estimate of drug-likeness (QED) is 0.616. The fourth-order valence-electron chi connectivity index (χ4n) is 1.57. The SMILES string of the molecule is CCCCCCn1cncc1CC[O]. The molecular formula is C11H19N2O. The van der Waals surface area contributed by atoms with Gasteiger partial charge in [-0.1, -0.05) is 26.2 Å². The van der Waals surface area contributed by atoms with Gasteiger partial charge in [-0.3, -0.25) is 0 Å². The van der Waals surface area contributed by atoms with E-state index < -0.39 is 0 Å². The van der Waals surface area contributed by atoms with Gasteiger partial charge in [-0.2, -0.15) is 0 Å². The molecule has 3 heteroatoms. The van der Waals surface area contributed by atoms with Crippen LogP contribution in [0.1, 0.15) is 38.3 Å². The Morgan fingerprint density at radius 1 is 1.36 bits per heavy atom. The molecule has 0 aliphatic heterocycles. The molecule has 0 amide bonds. The second-order valence-corrected chi connectivity index (χ2v) is 3.59. The third-order valence-electron chi connectivity index (χ3n) is 2.41. The van der Waals surface area contributed by atoms with Gasteiger partial charge >= 0.3 is 0 Å². The van der Waals surface area contributed by atoms with Crippen LogP contribution in [0.5, 0.6) is 0 Å². The topological polar surface area (TPSA) is 37.7 Å². The number of hydrogen-bond donors (Lipinski definition) is 0. The van der Waals surface area contributed by atoms with E-state index in [2.05, 4.69) is 16.5 Å². The van der Waals surface area contributed by atoms with Crippen molar-refractivity contribution in [3.05, 3.63) is 18.2 Å². The molecule has 0 aliphatic rings. The van der Waals surface area contributed by atoms with E-state index in [-0.39, 0.29) is 6.61 Å².